The van der Waals surface area contributed by atoms with Crippen LogP contribution in [0.1, 0.15) is 20.8 Å². The second kappa shape index (κ2) is 9.86. The summed E-state index contributed by atoms with van der Waals surface area (Å²) < 4.78 is 6.61. The van der Waals surface area contributed by atoms with Gasteiger partial charge in [-0.2, -0.15) is 5.10 Å². The van der Waals surface area contributed by atoms with Gasteiger partial charge in [-0.3, -0.25) is 14.2 Å². The summed E-state index contributed by atoms with van der Waals surface area (Å²) in [7, 11) is 0. The molecule has 0 saturated carbocycles. The molecule has 2 aromatic carbocycles. The topological polar surface area (TPSA) is 110 Å². The van der Waals surface area contributed by atoms with E-state index in [9.17, 15) is 14.4 Å². The Morgan fingerprint density at radius 1 is 1.20 bits per heavy atom. The fraction of sp³-hybridized carbons (Fsp3) is 0.100. The summed E-state index contributed by atoms with van der Waals surface area (Å²) in [4.78, 5) is 35.2. The van der Waals surface area contributed by atoms with Gasteiger partial charge in [0.2, 0.25) is 0 Å². The minimum atomic E-state index is -1.06. The highest BCUT2D eigenvalue weighted by Crippen LogP contribution is 2.18. The number of rotatable bonds is 8. The van der Waals surface area contributed by atoms with Crippen molar-refractivity contribution in [1.82, 2.24) is 9.99 Å². The highest BCUT2D eigenvalue weighted by molar-refractivity contribution is 7.11. The molecule has 0 aliphatic carbocycles. The molecule has 3 rings (SSSR count). The van der Waals surface area contributed by atoms with Crippen molar-refractivity contribution in [2.75, 3.05) is 6.61 Å². The number of thiazole rings is 1. The van der Waals surface area contributed by atoms with Crippen LogP contribution >= 0.6 is 22.9 Å². The lowest BCUT2D eigenvalue weighted by Gasteiger charge is -2.05. The molecule has 0 saturated heterocycles. The Balaban J connectivity index is 1.62. The van der Waals surface area contributed by atoms with Gasteiger partial charge in [-0.1, -0.05) is 53.3 Å². The normalized spacial score (nSPS) is 10.8. The van der Waals surface area contributed by atoms with Crippen LogP contribution in [0.25, 0.3) is 0 Å². The van der Waals surface area contributed by atoms with Crippen molar-refractivity contribution in [3.63, 3.8) is 0 Å². The second-order valence-corrected chi connectivity index (χ2v) is 7.36. The van der Waals surface area contributed by atoms with Crippen LogP contribution in [0.4, 0.5) is 0 Å². The number of halogens is 1. The lowest BCUT2D eigenvalue weighted by molar-refractivity contribution is -0.123. The Labute approximate surface area is 180 Å². The van der Waals surface area contributed by atoms with Crippen LogP contribution in [-0.4, -0.2) is 34.4 Å². The number of benzene rings is 2. The molecule has 0 unspecified atom stereocenters. The standard InChI is InChI=1S/C20H16ClN3O5S/c21-18-16(10-22-23-17(25)12-29-15-7-2-1-3-8-15)30-20(28)24(18)11-13-5-4-6-14(9-13)19(26)27/h1-10H,11-12H2,(H,23,25)(H,26,27). The van der Waals surface area contributed by atoms with E-state index >= 15 is 0 Å². The van der Waals surface area contributed by atoms with E-state index in [0.717, 1.165) is 11.3 Å². The first-order valence-electron chi connectivity index (χ1n) is 8.65. The van der Waals surface area contributed by atoms with Crippen LogP contribution in [0.2, 0.25) is 5.15 Å². The number of aromatic nitrogens is 1. The number of carboxylic acid groups (broad SMARTS) is 1. The predicted molar refractivity (Wildman–Crippen MR) is 114 cm³/mol. The average Bonchev–Trinajstić information content (AvgIpc) is 3.01. The molecule has 0 fully saturated rings. The van der Waals surface area contributed by atoms with Crippen molar-refractivity contribution in [3.8, 4) is 5.75 Å². The molecule has 3 aromatic rings. The van der Waals surface area contributed by atoms with Crippen LogP contribution in [0.5, 0.6) is 5.75 Å². The van der Waals surface area contributed by atoms with Crippen molar-refractivity contribution in [1.29, 1.82) is 0 Å². The molecule has 8 nitrogen and oxygen atoms in total. The fourth-order valence-electron chi connectivity index (χ4n) is 2.46. The monoisotopic (exact) mass is 445 g/mol. The number of nitrogens with one attached hydrogen (secondary N) is 1. The minimum absolute atomic E-state index is 0.112. The first kappa shape index (κ1) is 21.3. The van der Waals surface area contributed by atoms with Crippen LogP contribution < -0.4 is 15.0 Å². The Hall–Kier alpha value is -3.43. The number of carboxylic acids is 1. The fourth-order valence-corrected chi connectivity index (χ4v) is 3.57. The Morgan fingerprint density at radius 2 is 1.97 bits per heavy atom. The maximum absolute atomic E-state index is 12.3. The van der Waals surface area contributed by atoms with Crippen LogP contribution in [-0.2, 0) is 11.3 Å². The van der Waals surface area contributed by atoms with E-state index in [-0.39, 0.29) is 28.7 Å². The van der Waals surface area contributed by atoms with Crippen LogP contribution in [0, 0.1) is 0 Å². The lowest BCUT2D eigenvalue weighted by Crippen LogP contribution is -2.24. The van der Waals surface area contributed by atoms with Gasteiger partial charge in [-0.15, -0.1) is 0 Å². The summed E-state index contributed by atoms with van der Waals surface area (Å²) in [6, 6.07) is 15.1. The molecule has 0 aliphatic rings. The van der Waals surface area contributed by atoms with E-state index in [1.165, 1.54) is 22.9 Å². The van der Waals surface area contributed by atoms with E-state index in [2.05, 4.69) is 10.5 Å². The van der Waals surface area contributed by atoms with E-state index < -0.39 is 11.9 Å². The SMILES string of the molecule is O=C(COc1ccccc1)NN=Cc1sc(=O)n(Cc2cccc(C(=O)O)c2)c1Cl. The van der Waals surface area contributed by atoms with Gasteiger partial charge in [0.1, 0.15) is 10.9 Å². The molecular formula is C20H16ClN3O5S. The third-order valence-corrected chi connectivity index (χ3v) is 5.29. The number of hydrazone groups is 1. The van der Waals surface area contributed by atoms with Gasteiger partial charge in [0, 0.05) is 0 Å². The Morgan fingerprint density at radius 3 is 2.70 bits per heavy atom. The summed E-state index contributed by atoms with van der Waals surface area (Å²) in [5, 5.41) is 13.0. The number of hydrogen-bond acceptors (Lipinski definition) is 6. The average molecular weight is 446 g/mol. The molecule has 0 bridgehead atoms. The summed E-state index contributed by atoms with van der Waals surface area (Å²) >= 11 is 7.13. The number of hydrogen-bond donors (Lipinski definition) is 2. The van der Waals surface area contributed by atoms with Gasteiger partial charge in [0.05, 0.1) is 23.2 Å². The second-order valence-electron chi connectivity index (χ2n) is 6.01. The van der Waals surface area contributed by atoms with Gasteiger partial charge in [0.15, 0.2) is 6.61 Å². The smallest absolute Gasteiger partial charge is 0.335 e. The highest BCUT2D eigenvalue weighted by atomic mass is 35.5. The lowest BCUT2D eigenvalue weighted by atomic mass is 10.1. The first-order chi connectivity index (χ1) is 14.4. The molecule has 2 N–H and O–H groups in total. The van der Waals surface area contributed by atoms with Crippen LogP contribution in [0.3, 0.4) is 0 Å². The molecule has 0 spiro atoms. The zero-order valence-electron chi connectivity index (χ0n) is 15.4. The van der Waals surface area contributed by atoms with Gasteiger partial charge < -0.3 is 9.84 Å². The van der Waals surface area contributed by atoms with E-state index in [4.69, 9.17) is 21.4 Å². The predicted octanol–water partition coefficient (Wildman–Crippen LogP) is 2.84. The quantitative estimate of drug-likeness (QED) is 0.409. The maximum atomic E-state index is 12.3. The third kappa shape index (κ3) is 5.56. The molecule has 0 atom stereocenters. The summed E-state index contributed by atoms with van der Waals surface area (Å²) in [5.74, 6) is -0.967. The van der Waals surface area contributed by atoms with Crippen molar-refractivity contribution >= 4 is 41.0 Å². The number of aromatic carboxylic acids is 1. The third-order valence-electron chi connectivity index (χ3n) is 3.86. The first-order valence-corrected chi connectivity index (χ1v) is 9.84. The van der Waals surface area contributed by atoms with Crippen molar-refractivity contribution in [2.24, 2.45) is 5.10 Å². The molecule has 154 valence electrons. The molecule has 30 heavy (non-hydrogen) atoms. The van der Waals surface area contributed by atoms with E-state index in [1.807, 2.05) is 6.07 Å². The zero-order valence-corrected chi connectivity index (χ0v) is 17.0. The number of nitrogens with zero attached hydrogens (tertiary/aromatic N) is 2. The Kier molecular flexibility index (Phi) is 6.99. The van der Waals surface area contributed by atoms with Crippen molar-refractivity contribution < 1.29 is 19.4 Å². The number of carbonyl (C=O) groups excluding carboxylic acids is 1. The van der Waals surface area contributed by atoms with Gasteiger partial charge >= 0.3 is 10.8 Å². The summed E-state index contributed by atoms with van der Waals surface area (Å²) in [5.41, 5.74) is 3.04. The van der Waals surface area contributed by atoms with E-state index in [1.54, 1.807) is 36.4 Å². The molecule has 1 aromatic heterocycles. The summed E-state index contributed by atoms with van der Waals surface area (Å²) in [6.45, 7) is -0.105. The van der Waals surface area contributed by atoms with Gasteiger partial charge in [-0.05, 0) is 29.8 Å². The number of ether oxygens (including phenoxy) is 1. The summed E-state index contributed by atoms with van der Waals surface area (Å²) in [6.07, 6.45) is 1.28. The highest BCUT2D eigenvalue weighted by Gasteiger charge is 2.13. The maximum Gasteiger partial charge on any atom is 0.335 e. The molecule has 0 radical (unpaired) electrons. The molecular weight excluding hydrogens is 430 g/mol. The largest absolute Gasteiger partial charge is 0.484 e. The molecule has 0 aliphatic heterocycles. The van der Waals surface area contributed by atoms with E-state index in [0.29, 0.717) is 16.2 Å². The van der Waals surface area contributed by atoms with Crippen molar-refractivity contribution in [2.45, 2.75) is 6.54 Å². The number of amides is 1. The molecule has 10 heteroatoms. The molecule has 1 amide bonds. The van der Waals surface area contributed by atoms with Gasteiger partial charge in [-0.25, -0.2) is 10.2 Å². The number of carbonyl (C=O) groups is 2. The van der Waals surface area contributed by atoms with Crippen molar-refractivity contribution in [3.05, 3.63) is 85.4 Å². The van der Waals surface area contributed by atoms with Gasteiger partial charge in [0.25, 0.3) is 5.91 Å². The number of para-hydroxylation sites is 1. The molecule has 1 heterocycles. The Bertz CT molecular complexity index is 1140. The minimum Gasteiger partial charge on any atom is -0.484 e. The van der Waals surface area contributed by atoms with Crippen LogP contribution in [0.15, 0.2) is 64.5 Å². The zero-order chi connectivity index (χ0) is 21.5.